The summed E-state index contributed by atoms with van der Waals surface area (Å²) in [7, 11) is 0. The zero-order valence-corrected chi connectivity index (χ0v) is 8.17. The van der Waals surface area contributed by atoms with Crippen molar-refractivity contribution >= 4 is 26.3 Å². The molecule has 3 nitrogen and oxygen atoms in total. The van der Waals surface area contributed by atoms with Crippen molar-refractivity contribution in [2.75, 3.05) is 0 Å². The van der Waals surface area contributed by atoms with Crippen molar-refractivity contribution in [3.63, 3.8) is 0 Å². The number of halogens is 2. The summed E-state index contributed by atoms with van der Waals surface area (Å²) in [6, 6.07) is 1.45. The van der Waals surface area contributed by atoms with E-state index in [1.165, 1.54) is 12.3 Å². The van der Waals surface area contributed by atoms with Crippen LogP contribution >= 0.6 is 22.6 Å². The van der Waals surface area contributed by atoms with Crippen LogP contribution in [-0.2, 0) is 6.54 Å². The minimum atomic E-state index is -0.319. The number of hydrogen-bond donors (Lipinski definition) is 1. The average Bonchev–Trinajstić information content (AvgIpc) is 2.07. The van der Waals surface area contributed by atoms with E-state index in [0.29, 0.717) is 6.54 Å². The minimum Gasteiger partial charge on any atom is -0.303 e. The Morgan fingerprint density at radius 2 is 2.42 bits per heavy atom. The molecule has 1 aliphatic rings. The van der Waals surface area contributed by atoms with Gasteiger partial charge in [-0.25, -0.2) is 4.39 Å². The highest BCUT2D eigenvalue weighted by molar-refractivity contribution is 14.1. The molecule has 0 bridgehead atoms. The van der Waals surface area contributed by atoms with Crippen LogP contribution in [-0.4, -0.2) is 8.70 Å². The average molecular weight is 277 g/mol. The number of hydrogen-bond acceptors (Lipinski definition) is 3. The standard InChI is InChI=1S/C7H5FIN3/c8-4-1-5-6(10-2-4)3-11-12-7(5)9/h1-2,11H,3H2. The lowest BCUT2D eigenvalue weighted by Crippen LogP contribution is -2.18. The molecule has 2 rings (SSSR count). The minimum absolute atomic E-state index is 0.319. The maximum absolute atomic E-state index is 12.7. The maximum atomic E-state index is 12.7. The first-order chi connectivity index (χ1) is 5.77. The molecular weight excluding hydrogens is 272 g/mol. The summed E-state index contributed by atoms with van der Waals surface area (Å²) < 4.78 is 13.5. The van der Waals surface area contributed by atoms with Gasteiger partial charge < -0.3 is 5.43 Å². The van der Waals surface area contributed by atoms with E-state index in [2.05, 4.69) is 15.5 Å². The summed E-state index contributed by atoms with van der Waals surface area (Å²) in [6.07, 6.45) is 1.22. The Labute approximate surface area is 82.2 Å². The van der Waals surface area contributed by atoms with Crippen molar-refractivity contribution < 1.29 is 4.39 Å². The van der Waals surface area contributed by atoms with Crippen LogP contribution in [0.3, 0.4) is 0 Å². The molecule has 0 spiro atoms. The van der Waals surface area contributed by atoms with Crippen molar-refractivity contribution in [2.24, 2.45) is 5.10 Å². The Morgan fingerprint density at radius 3 is 3.25 bits per heavy atom. The molecule has 0 aliphatic carbocycles. The zero-order chi connectivity index (χ0) is 8.55. The third-order valence-corrected chi connectivity index (χ3v) is 2.41. The fourth-order valence-electron chi connectivity index (χ4n) is 1.03. The van der Waals surface area contributed by atoms with Gasteiger partial charge in [0.05, 0.1) is 18.4 Å². The molecule has 0 unspecified atom stereocenters. The number of rotatable bonds is 0. The topological polar surface area (TPSA) is 37.3 Å². The summed E-state index contributed by atoms with van der Waals surface area (Å²) in [5, 5.41) is 3.96. The lowest BCUT2D eigenvalue weighted by molar-refractivity contribution is 0.613. The van der Waals surface area contributed by atoms with Gasteiger partial charge in [0, 0.05) is 5.56 Å². The van der Waals surface area contributed by atoms with Crippen molar-refractivity contribution in [1.82, 2.24) is 10.4 Å². The molecule has 0 saturated heterocycles. The van der Waals surface area contributed by atoms with Crippen LogP contribution in [0.25, 0.3) is 0 Å². The van der Waals surface area contributed by atoms with Crippen molar-refractivity contribution in [2.45, 2.75) is 6.54 Å². The number of nitrogens with one attached hydrogen (secondary N) is 1. The predicted molar refractivity (Wildman–Crippen MR) is 51.6 cm³/mol. The molecule has 1 aliphatic heterocycles. The first-order valence-corrected chi connectivity index (χ1v) is 4.46. The summed E-state index contributed by atoms with van der Waals surface area (Å²) in [5.41, 5.74) is 4.44. The summed E-state index contributed by atoms with van der Waals surface area (Å²) >= 11 is 2.05. The normalized spacial score (nSPS) is 14.7. The smallest absolute Gasteiger partial charge is 0.142 e. The Balaban J connectivity index is 2.58. The first-order valence-electron chi connectivity index (χ1n) is 3.38. The van der Waals surface area contributed by atoms with E-state index in [1.54, 1.807) is 0 Å². The fraction of sp³-hybridized carbons (Fsp3) is 0.143. The Hall–Kier alpha value is -0.720. The fourth-order valence-corrected chi connectivity index (χ4v) is 1.67. The van der Waals surface area contributed by atoms with Gasteiger partial charge in [-0.05, 0) is 28.7 Å². The van der Waals surface area contributed by atoms with Gasteiger partial charge in [0.1, 0.15) is 9.54 Å². The van der Waals surface area contributed by atoms with Gasteiger partial charge >= 0.3 is 0 Å². The number of aromatic nitrogens is 1. The van der Waals surface area contributed by atoms with Crippen LogP contribution in [0.4, 0.5) is 4.39 Å². The highest BCUT2D eigenvalue weighted by Gasteiger charge is 2.13. The van der Waals surface area contributed by atoms with Gasteiger partial charge in [0.2, 0.25) is 0 Å². The Morgan fingerprint density at radius 1 is 1.58 bits per heavy atom. The second kappa shape index (κ2) is 2.96. The van der Waals surface area contributed by atoms with E-state index in [-0.39, 0.29) is 5.82 Å². The van der Waals surface area contributed by atoms with E-state index in [0.717, 1.165) is 15.0 Å². The highest BCUT2D eigenvalue weighted by Crippen LogP contribution is 2.16. The van der Waals surface area contributed by atoms with E-state index in [1.807, 2.05) is 22.6 Å². The Bertz CT molecular complexity index is 351. The quantitative estimate of drug-likeness (QED) is 0.728. The van der Waals surface area contributed by atoms with Crippen LogP contribution in [0.5, 0.6) is 0 Å². The van der Waals surface area contributed by atoms with E-state index in [4.69, 9.17) is 0 Å². The zero-order valence-electron chi connectivity index (χ0n) is 6.01. The van der Waals surface area contributed by atoms with Crippen LogP contribution in [0.1, 0.15) is 11.3 Å². The van der Waals surface area contributed by atoms with Crippen molar-refractivity contribution in [3.8, 4) is 0 Å². The lowest BCUT2D eigenvalue weighted by atomic mass is 10.2. The largest absolute Gasteiger partial charge is 0.303 e. The molecule has 1 N–H and O–H groups in total. The summed E-state index contributed by atoms with van der Waals surface area (Å²) in [5.74, 6) is -0.319. The molecule has 5 heteroatoms. The van der Waals surface area contributed by atoms with Gasteiger partial charge in [0.15, 0.2) is 0 Å². The second-order valence-electron chi connectivity index (χ2n) is 2.39. The van der Waals surface area contributed by atoms with Gasteiger partial charge in [-0.3, -0.25) is 4.98 Å². The Kier molecular flexibility index (Phi) is 1.95. The third-order valence-electron chi connectivity index (χ3n) is 1.58. The predicted octanol–water partition coefficient (Wildman–Crippen LogP) is 1.42. The molecule has 0 aromatic carbocycles. The molecule has 1 aromatic heterocycles. The maximum Gasteiger partial charge on any atom is 0.142 e. The molecule has 2 heterocycles. The van der Waals surface area contributed by atoms with Crippen molar-refractivity contribution in [1.29, 1.82) is 0 Å². The molecule has 12 heavy (non-hydrogen) atoms. The van der Waals surface area contributed by atoms with Crippen LogP contribution < -0.4 is 5.43 Å². The summed E-state index contributed by atoms with van der Waals surface area (Å²) in [6.45, 7) is 0.572. The second-order valence-corrected chi connectivity index (χ2v) is 3.41. The van der Waals surface area contributed by atoms with Crippen LogP contribution in [0, 0.1) is 5.82 Å². The lowest BCUT2D eigenvalue weighted by Gasteiger charge is -2.12. The van der Waals surface area contributed by atoms with Crippen LogP contribution in [0.15, 0.2) is 17.4 Å². The number of pyridine rings is 1. The van der Waals surface area contributed by atoms with E-state index in [9.17, 15) is 4.39 Å². The molecule has 0 fully saturated rings. The molecule has 62 valence electrons. The van der Waals surface area contributed by atoms with E-state index < -0.39 is 0 Å². The van der Waals surface area contributed by atoms with Gasteiger partial charge in [0.25, 0.3) is 0 Å². The molecule has 0 amide bonds. The molecule has 0 atom stereocenters. The molecular formula is C7H5FIN3. The van der Waals surface area contributed by atoms with Crippen molar-refractivity contribution in [3.05, 3.63) is 29.3 Å². The number of fused-ring (bicyclic) bond motifs is 1. The van der Waals surface area contributed by atoms with Gasteiger partial charge in [-0.1, -0.05) is 0 Å². The van der Waals surface area contributed by atoms with Gasteiger partial charge in [-0.2, -0.15) is 5.10 Å². The monoisotopic (exact) mass is 277 g/mol. The van der Waals surface area contributed by atoms with E-state index >= 15 is 0 Å². The van der Waals surface area contributed by atoms with Gasteiger partial charge in [-0.15, -0.1) is 0 Å². The van der Waals surface area contributed by atoms with Crippen LogP contribution in [0.2, 0.25) is 0 Å². The highest BCUT2D eigenvalue weighted by atomic mass is 127. The summed E-state index contributed by atoms with van der Waals surface area (Å²) in [4.78, 5) is 3.95. The first kappa shape index (κ1) is 7.90. The number of hydrazone groups is 1. The number of nitrogens with zero attached hydrogens (tertiary/aromatic N) is 2. The SMILES string of the molecule is Fc1cnc2c(c1)C(I)=NNC2. The molecule has 0 saturated carbocycles. The molecule has 1 aromatic rings. The third kappa shape index (κ3) is 1.28. The molecule has 0 radical (unpaired) electrons.